The summed E-state index contributed by atoms with van der Waals surface area (Å²) in [6.07, 6.45) is 1.57. The molecule has 0 aromatic rings. The van der Waals surface area contributed by atoms with Crippen LogP contribution < -0.4 is 0 Å². The first kappa shape index (κ1) is 10.3. The van der Waals surface area contributed by atoms with Gasteiger partial charge in [-0.2, -0.15) is 0 Å². The molecule has 0 aliphatic heterocycles. The van der Waals surface area contributed by atoms with Crippen molar-refractivity contribution in [3.05, 3.63) is 0 Å². The van der Waals surface area contributed by atoms with Crippen LogP contribution in [0.5, 0.6) is 0 Å². The molecule has 0 amide bonds. The predicted molar refractivity (Wildman–Crippen MR) is 41.2 cm³/mol. The van der Waals surface area contributed by atoms with Crippen LogP contribution in [0.1, 0.15) is 32.6 Å². The van der Waals surface area contributed by atoms with E-state index in [2.05, 4.69) is 0 Å². The second-order valence-electron chi connectivity index (χ2n) is 2.57. The Morgan fingerprint density at radius 3 is 2.27 bits per heavy atom. The minimum absolute atomic E-state index is 0.0438. The molecule has 0 atom stereocenters. The molecular weight excluding hydrogens is 144 g/mol. The van der Waals surface area contributed by atoms with E-state index in [9.17, 15) is 9.59 Å². The molecule has 0 aliphatic carbocycles. The topological polar surface area (TPSA) is 54.4 Å². The third kappa shape index (κ3) is 7.19. The number of ketones is 2. The van der Waals surface area contributed by atoms with Crippen LogP contribution in [0.3, 0.4) is 0 Å². The number of carbonyl (C=O) groups excluding carboxylic acids is 2. The maximum atomic E-state index is 10.8. The fraction of sp³-hybridized carbons (Fsp3) is 0.750. The van der Waals surface area contributed by atoms with Crippen molar-refractivity contribution in [3.63, 3.8) is 0 Å². The van der Waals surface area contributed by atoms with E-state index in [0.29, 0.717) is 25.7 Å². The van der Waals surface area contributed by atoms with Gasteiger partial charge in [0.1, 0.15) is 11.6 Å². The summed E-state index contributed by atoms with van der Waals surface area (Å²) in [6, 6.07) is 0. The summed E-state index contributed by atoms with van der Waals surface area (Å²) in [5, 5.41) is 8.37. The monoisotopic (exact) mass is 158 g/mol. The van der Waals surface area contributed by atoms with Crippen molar-refractivity contribution in [2.75, 3.05) is 6.61 Å². The Labute approximate surface area is 66.4 Å². The number of rotatable bonds is 6. The smallest absolute Gasteiger partial charge is 0.133 e. The van der Waals surface area contributed by atoms with Gasteiger partial charge >= 0.3 is 0 Å². The number of carbonyl (C=O) groups is 2. The fourth-order valence-electron chi connectivity index (χ4n) is 0.717. The van der Waals surface area contributed by atoms with Crippen LogP contribution in [0.15, 0.2) is 0 Å². The Morgan fingerprint density at radius 2 is 1.82 bits per heavy atom. The highest BCUT2D eigenvalue weighted by molar-refractivity contribution is 5.84. The number of aliphatic hydroxyl groups is 1. The van der Waals surface area contributed by atoms with E-state index in [0.717, 1.165) is 0 Å². The Balaban J connectivity index is 3.30. The lowest BCUT2D eigenvalue weighted by Gasteiger charge is -1.95. The zero-order valence-electron chi connectivity index (χ0n) is 6.80. The Bertz CT molecular complexity index is 140. The van der Waals surface area contributed by atoms with Gasteiger partial charge in [0, 0.05) is 25.9 Å². The van der Waals surface area contributed by atoms with Gasteiger partial charge in [0.2, 0.25) is 0 Å². The number of aliphatic hydroxyl groups excluding tert-OH is 1. The van der Waals surface area contributed by atoms with Gasteiger partial charge in [0.05, 0.1) is 0 Å². The summed E-state index contributed by atoms with van der Waals surface area (Å²) in [7, 11) is 0. The van der Waals surface area contributed by atoms with Gasteiger partial charge in [0.25, 0.3) is 0 Å². The molecule has 0 spiro atoms. The lowest BCUT2D eigenvalue weighted by molar-refractivity contribution is -0.123. The van der Waals surface area contributed by atoms with Gasteiger partial charge in [-0.3, -0.25) is 4.79 Å². The molecule has 3 heteroatoms. The molecule has 11 heavy (non-hydrogen) atoms. The van der Waals surface area contributed by atoms with Crippen molar-refractivity contribution in [2.24, 2.45) is 0 Å². The molecular formula is C8H14O3. The molecule has 0 saturated heterocycles. The van der Waals surface area contributed by atoms with Crippen molar-refractivity contribution in [2.45, 2.75) is 32.6 Å². The van der Waals surface area contributed by atoms with Gasteiger partial charge < -0.3 is 9.90 Å². The quantitative estimate of drug-likeness (QED) is 0.619. The second kappa shape index (κ2) is 6.04. The lowest BCUT2D eigenvalue weighted by atomic mass is 10.1. The summed E-state index contributed by atoms with van der Waals surface area (Å²) >= 11 is 0. The minimum Gasteiger partial charge on any atom is -0.396 e. The second-order valence-corrected chi connectivity index (χ2v) is 2.57. The summed E-state index contributed by atoms with van der Waals surface area (Å²) < 4.78 is 0. The predicted octanol–water partition coefficient (Wildman–Crippen LogP) is 0.697. The molecule has 0 unspecified atom stereocenters. The molecule has 0 rings (SSSR count). The van der Waals surface area contributed by atoms with Crippen molar-refractivity contribution in [3.8, 4) is 0 Å². The molecule has 3 nitrogen and oxygen atoms in total. The molecule has 0 aliphatic rings. The molecule has 0 bridgehead atoms. The molecule has 0 saturated carbocycles. The highest BCUT2D eigenvalue weighted by Gasteiger charge is 2.02. The van der Waals surface area contributed by atoms with Crippen LogP contribution in [-0.2, 0) is 9.59 Å². The molecule has 0 radical (unpaired) electrons. The molecule has 0 aromatic carbocycles. The van der Waals surface area contributed by atoms with Crippen LogP contribution >= 0.6 is 0 Å². The summed E-state index contributed by atoms with van der Waals surface area (Å²) in [5.41, 5.74) is 0. The van der Waals surface area contributed by atoms with E-state index in [4.69, 9.17) is 5.11 Å². The maximum absolute atomic E-state index is 10.8. The van der Waals surface area contributed by atoms with Gasteiger partial charge in [0.15, 0.2) is 0 Å². The van der Waals surface area contributed by atoms with Crippen molar-refractivity contribution >= 4 is 11.6 Å². The summed E-state index contributed by atoms with van der Waals surface area (Å²) in [6.45, 7) is 1.52. The molecule has 0 fully saturated rings. The zero-order chi connectivity index (χ0) is 8.69. The molecule has 0 aromatic heterocycles. The Morgan fingerprint density at radius 1 is 1.18 bits per heavy atom. The number of hydrogen-bond acceptors (Lipinski definition) is 3. The van der Waals surface area contributed by atoms with Gasteiger partial charge in [-0.15, -0.1) is 0 Å². The number of hydrogen-bond donors (Lipinski definition) is 1. The van der Waals surface area contributed by atoms with E-state index < -0.39 is 0 Å². The normalized spacial score (nSPS) is 9.64. The lowest BCUT2D eigenvalue weighted by Crippen LogP contribution is -2.02. The molecule has 0 heterocycles. The van der Waals surface area contributed by atoms with Crippen molar-refractivity contribution < 1.29 is 14.7 Å². The highest BCUT2D eigenvalue weighted by atomic mass is 16.3. The zero-order valence-corrected chi connectivity index (χ0v) is 6.80. The first-order valence-corrected chi connectivity index (χ1v) is 3.79. The largest absolute Gasteiger partial charge is 0.396 e. The van der Waals surface area contributed by atoms with Crippen LogP contribution in [0, 0.1) is 0 Å². The summed E-state index contributed by atoms with van der Waals surface area (Å²) in [4.78, 5) is 21.3. The van der Waals surface area contributed by atoms with Crippen LogP contribution in [0.25, 0.3) is 0 Å². The van der Waals surface area contributed by atoms with Crippen LogP contribution in [0.2, 0.25) is 0 Å². The van der Waals surface area contributed by atoms with E-state index in [1.54, 1.807) is 0 Å². The minimum atomic E-state index is 0.0438. The average molecular weight is 158 g/mol. The first-order chi connectivity index (χ1) is 5.16. The van der Waals surface area contributed by atoms with Crippen molar-refractivity contribution in [1.82, 2.24) is 0 Å². The van der Waals surface area contributed by atoms with Crippen molar-refractivity contribution in [1.29, 1.82) is 0 Å². The van der Waals surface area contributed by atoms with E-state index in [-0.39, 0.29) is 18.2 Å². The Kier molecular flexibility index (Phi) is 5.65. The maximum Gasteiger partial charge on any atom is 0.133 e. The van der Waals surface area contributed by atoms with E-state index in [1.807, 2.05) is 0 Å². The molecule has 1 N–H and O–H groups in total. The van der Waals surface area contributed by atoms with Gasteiger partial charge in [-0.25, -0.2) is 0 Å². The highest BCUT2D eigenvalue weighted by Crippen LogP contribution is 1.98. The summed E-state index contributed by atoms with van der Waals surface area (Å²) in [5.74, 6) is 0.108. The number of Topliss-reactive ketones (excluding diaryl/α,β-unsaturated/α-hetero) is 2. The third-order valence-electron chi connectivity index (χ3n) is 1.37. The van der Waals surface area contributed by atoms with E-state index in [1.165, 1.54) is 6.92 Å². The third-order valence-corrected chi connectivity index (χ3v) is 1.37. The van der Waals surface area contributed by atoms with Crippen LogP contribution in [-0.4, -0.2) is 23.3 Å². The fourth-order valence-corrected chi connectivity index (χ4v) is 0.717. The SMILES string of the molecule is CC(=O)CCC(=O)CCCO. The van der Waals surface area contributed by atoms with E-state index >= 15 is 0 Å². The Hall–Kier alpha value is -0.700. The average Bonchev–Trinajstić information content (AvgIpc) is 1.97. The van der Waals surface area contributed by atoms with Crippen LogP contribution in [0.4, 0.5) is 0 Å². The molecule has 64 valence electrons. The standard InChI is InChI=1S/C8H14O3/c1-7(10)4-5-8(11)3-2-6-9/h9H,2-6H2,1H3. The van der Waals surface area contributed by atoms with Gasteiger partial charge in [-0.1, -0.05) is 0 Å². The van der Waals surface area contributed by atoms with Gasteiger partial charge in [-0.05, 0) is 13.3 Å². The first-order valence-electron chi connectivity index (χ1n) is 3.79.